The molecule has 1 aliphatic rings. The zero-order valence-corrected chi connectivity index (χ0v) is 19.5. The molecule has 0 unspecified atom stereocenters. The normalized spacial score (nSPS) is 14.3. The summed E-state index contributed by atoms with van der Waals surface area (Å²) in [5.74, 6) is 0.00610. The van der Waals surface area contributed by atoms with Gasteiger partial charge in [0.15, 0.2) is 0 Å². The topological polar surface area (TPSA) is 90.6 Å². The van der Waals surface area contributed by atoms with Gasteiger partial charge in [-0.1, -0.05) is 30.3 Å². The summed E-state index contributed by atoms with van der Waals surface area (Å²) in [6.07, 6.45) is 0. The first-order chi connectivity index (χ1) is 15.5. The predicted octanol–water partition coefficient (Wildman–Crippen LogP) is 3.49. The number of carbonyl (C=O) groups is 2. The van der Waals surface area contributed by atoms with Crippen LogP contribution in [0.15, 0.2) is 53.0 Å². The summed E-state index contributed by atoms with van der Waals surface area (Å²) < 4.78 is 5.96. The van der Waals surface area contributed by atoms with Gasteiger partial charge < -0.3 is 19.9 Å². The molecule has 2 heterocycles. The molecule has 2 aromatic carbocycles. The van der Waals surface area contributed by atoms with E-state index in [9.17, 15) is 9.59 Å². The highest BCUT2D eigenvalue weighted by Crippen LogP contribution is 2.31. The van der Waals surface area contributed by atoms with Crippen molar-refractivity contribution in [3.8, 4) is 17.0 Å². The van der Waals surface area contributed by atoms with Crippen LogP contribution < -0.4 is 10.1 Å². The van der Waals surface area contributed by atoms with E-state index in [-0.39, 0.29) is 11.6 Å². The lowest BCUT2D eigenvalue weighted by molar-refractivity contribution is 0.0664. The fraction of sp³-hybridized carbons (Fsp3) is 0.261. The quantitative estimate of drug-likeness (QED) is 0.562. The molecule has 1 saturated heterocycles. The first kappa shape index (κ1) is 22.0. The van der Waals surface area contributed by atoms with Crippen molar-refractivity contribution in [3.05, 3.63) is 64.3 Å². The molecule has 0 aliphatic carbocycles. The number of aromatic amines is 1. The van der Waals surface area contributed by atoms with E-state index in [1.807, 2.05) is 42.3 Å². The lowest BCUT2D eigenvalue weighted by Gasteiger charge is -2.32. The van der Waals surface area contributed by atoms with Crippen molar-refractivity contribution in [1.29, 1.82) is 0 Å². The Kier molecular flexibility index (Phi) is 6.57. The first-order valence-electron chi connectivity index (χ1n) is 10.2. The Hall–Kier alpha value is -3.17. The van der Waals surface area contributed by atoms with Crippen molar-refractivity contribution in [1.82, 2.24) is 20.0 Å². The van der Waals surface area contributed by atoms with Crippen molar-refractivity contribution < 1.29 is 14.3 Å². The van der Waals surface area contributed by atoms with Gasteiger partial charge in [0.25, 0.3) is 11.8 Å². The fourth-order valence-corrected chi connectivity index (χ4v) is 4.17. The minimum Gasteiger partial charge on any atom is -0.495 e. The molecular weight excluding hydrogens is 474 g/mol. The summed E-state index contributed by atoms with van der Waals surface area (Å²) in [4.78, 5) is 30.0. The number of amides is 2. The van der Waals surface area contributed by atoms with Crippen LogP contribution in [0.5, 0.6) is 5.75 Å². The maximum absolute atomic E-state index is 13.0. The maximum Gasteiger partial charge on any atom is 0.274 e. The van der Waals surface area contributed by atoms with E-state index in [1.54, 1.807) is 18.2 Å². The van der Waals surface area contributed by atoms with Gasteiger partial charge in [-0.15, -0.1) is 0 Å². The third-order valence-electron chi connectivity index (χ3n) is 5.47. The Morgan fingerprint density at radius 3 is 2.50 bits per heavy atom. The Morgan fingerprint density at radius 1 is 1.09 bits per heavy atom. The van der Waals surface area contributed by atoms with Gasteiger partial charge in [-0.3, -0.25) is 14.7 Å². The van der Waals surface area contributed by atoms with Crippen molar-refractivity contribution in [3.63, 3.8) is 0 Å². The molecule has 0 spiro atoms. The number of anilines is 1. The van der Waals surface area contributed by atoms with E-state index < -0.39 is 5.91 Å². The summed E-state index contributed by atoms with van der Waals surface area (Å²) in [7, 11) is 3.56. The number of rotatable bonds is 5. The summed E-state index contributed by atoms with van der Waals surface area (Å²) >= 11 is 3.48. The number of likely N-dealkylation sites (N-methyl/N-ethyl adjacent to an activating group) is 1. The van der Waals surface area contributed by atoms with Crippen molar-refractivity contribution in [2.45, 2.75) is 0 Å². The van der Waals surface area contributed by atoms with Crippen LogP contribution in [0.4, 0.5) is 5.69 Å². The van der Waals surface area contributed by atoms with Crippen LogP contribution in [0.2, 0.25) is 0 Å². The minimum absolute atomic E-state index is 0.0645. The molecule has 166 valence electrons. The van der Waals surface area contributed by atoms with E-state index in [1.165, 1.54) is 7.11 Å². The van der Waals surface area contributed by atoms with Gasteiger partial charge in [0, 0.05) is 37.3 Å². The molecule has 32 heavy (non-hydrogen) atoms. The van der Waals surface area contributed by atoms with Crippen molar-refractivity contribution in [2.24, 2.45) is 0 Å². The van der Waals surface area contributed by atoms with Crippen LogP contribution in [0, 0.1) is 0 Å². The van der Waals surface area contributed by atoms with Gasteiger partial charge in [-0.25, -0.2) is 0 Å². The van der Waals surface area contributed by atoms with Crippen LogP contribution in [-0.4, -0.2) is 72.1 Å². The molecule has 0 atom stereocenters. The Balaban J connectivity index is 1.56. The molecule has 0 radical (unpaired) electrons. The summed E-state index contributed by atoms with van der Waals surface area (Å²) in [6, 6.07) is 14.6. The zero-order chi connectivity index (χ0) is 22.7. The second-order valence-corrected chi connectivity index (χ2v) is 8.38. The number of benzene rings is 2. The molecule has 0 saturated carbocycles. The summed E-state index contributed by atoms with van der Waals surface area (Å²) in [5.41, 5.74) is 2.72. The number of ether oxygens (including phenoxy) is 1. The van der Waals surface area contributed by atoms with E-state index >= 15 is 0 Å². The molecule has 9 heteroatoms. The highest BCUT2D eigenvalue weighted by Gasteiger charge is 2.23. The number of piperazine rings is 1. The highest BCUT2D eigenvalue weighted by molar-refractivity contribution is 9.10. The van der Waals surface area contributed by atoms with Crippen molar-refractivity contribution in [2.75, 3.05) is 45.7 Å². The van der Waals surface area contributed by atoms with Gasteiger partial charge in [-0.2, -0.15) is 5.10 Å². The van der Waals surface area contributed by atoms with Gasteiger partial charge in [0.2, 0.25) is 0 Å². The predicted molar refractivity (Wildman–Crippen MR) is 126 cm³/mol. The average Bonchev–Trinajstić information content (AvgIpc) is 3.21. The number of halogens is 1. The monoisotopic (exact) mass is 497 g/mol. The molecular formula is C23H24BrN5O3. The lowest BCUT2D eigenvalue weighted by Crippen LogP contribution is -2.47. The van der Waals surface area contributed by atoms with E-state index in [4.69, 9.17) is 4.74 Å². The van der Waals surface area contributed by atoms with Crippen LogP contribution in [0.25, 0.3) is 11.3 Å². The summed E-state index contributed by atoms with van der Waals surface area (Å²) in [5, 5.41) is 9.91. The van der Waals surface area contributed by atoms with Gasteiger partial charge in [0.05, 0.1) is 17.3 Å². The Labute approximate surface area is 194 Å². The zero-order valence-electron chi connectivity index (χ0n) is 17.9. The maximum atomic E-state index is 13.0. The van der Waals surface area contributed by atoms with E-state index in [0.717, 1.165) is 18.7 Å². The molecule has 2 N–H and O–H groups in total. The number of methoxy groups -OCH3 is 1. The number of nitrogens with zero attached hydrogens (tertiary/aromatic N) is 3. The smallest absolute Gasteiger partial charge is 0.274 e. The first-order valence-corrected chi connectivity index (χ1v) is 11.0. The molecule has 3 aromatic rings. The third kappa shape index (κ3) is 4.53. The van der Waals surface area contributed by atoms with Crippen LogP contribution >= 0.6 is 15.9 Å². The molecule has 0 bridgehead atoms. The third-order valence-corrected chi connectivity index (χ3v) is 6.24. The number of hydrogen-bond donors (Lipinski definition) is 2. The number of carbonyl (C=O) groups excluding carboxylic acids is 2. The second-order valence-electron chi connectivity index (χ2n) is 7.59. The Morgan fingerprint density at radius 2 is 1.81 bits per heavy atom. The van der Waals surface area contributed by atoms with Gasteiger partial charge in [0.1, 0.15) is 17.1 Å². The van der Waals surface area contributed by atoms with Crippen LogP contribution in [0.3, 0.4) is 0 Å². The van der Waals surface area contributed by atoms with Crippen molar-refractivity contribution >= 4 is 33.4 Å². The fourth-order valence-electron chi connectivity index (χ4n) is 3.58. The standard InChI is InChI=1S/C23H24BrN5O3/c1-28-10-12-29(13-11-28)23(31)16-8-9-18(32-2)17(14-16)25-22(30)21-19(24)20(26-27-21)15-6-4-3-5-7-15/h3-9,14H,10-13H2,1-2H3,(H,25,30)(H,26,27). The molecule has 8 nitrogen and oxygen atoms in total. The number of nitrogens with one attached hydrogen (secondary N) is 2. The summed E-state index contributed by atoms with van der Waals surface area (Å²) in [6.45, 7) is 3.02. The van der Waals surface area contributed by atoms with Gasteiger partial charge in [-0.05, 0) is 41.2 Å². The highest BCUT2D eigenvalue weighted by atomic mass is 79.9. The van der Waals surface area contributed by atoms with Crippen LogP contribution in [-0.2, 0) is 0 Å². The average molecular weight is 498 g/mol. The van der Waals surface area contributed by atoms with Crippen LogP contribution in [0.1, 0.15) is 20.8 Å². The number of H-pyrrole nitrogens is 1. The lowest BCUT2D eigenvalue weighted by atomic mass is 10.1. The van der Waals surface area contributed by atoms with E-state index in [2.05, 4.69) is 36.3 Å². The Bertz CT molecular complexity index is 1120. The number of hydrogen-bond acceptors (Lipinski definition) is 5. The molecule has 1 aromatic heterocycles. The largest absolute Gasteiger partial charge is 0.495 e. The molecule has 1 aliphatic heterocycles. The SMILES string of the molecule is COc1ccc(C(=O)N2CCN(C)CC2)cc1NC(=O)c1[nH]nc(-c2ccccc2)c1Br. The second kappa shape index (κ2) is 9.54. The van der Waals surface area contributed by atoms with E-state index in [0.29, 0.717) is 40.3 Å². The molecule has 4 rings (SSSR count). The minimum atomic E-state index is -0.394. The number of aromatic nitrogens is 2. The molecule has 1 fully saturated rings. The molecule has 2 amide bonds. The van der Waals surface area contributed by atoms with Gasteiger partial charge >= 0.3 is 0 Å².